The number of anilines is 1. The number of cyclic esters (lactones) is 1. The van der Waals surface area contributed by atoms with Gasteiger partial charge in [0, 0.05) is 11.8 Å². The average molecular weight is 240 g/mol. The summed E-state index contributed by atoms with van der Waals surface area (Å²) in [5, 5.41) is 0. The van der Waals surface area contributed by atoms with Crippen LogP contribution in [0.2, 0.25) is 0 Å². The first-order valence-corrected chi connectivity index (χ1v) is 5.81. The Morgan fingerprint density at radius 2 is 1.94 bits per heavy atom. The van der Waals surface area contributed by atoms with Crippen LogP contribution in [0, 0.1) is 0 Å². The van der Waals surface area contributed by atoms with Crippen LogP contribution in [0.5, 0.6) is 0 Å². The van der Waals surface area contributed by atoms with Crippen molar-refractivity contribution in [2.75, 3.05) is 18.1 Å². The Morgan fingerprint density at radius 3 is 2.67 bits per heavy atom. The Balaban J connectivity index is 2.08. The van der Waals surface area contributed by atoms with E-state index in [1.807, 2.05) is 42.5 Å². The standard InChI is InChI=1S/C14H12N2O2/c17-14-16(9-10-18-14)13-7-2-1-5-11(13)12-6-3-4-8-15-12/h1-8H,9-10H2. The van der Waals surface area contributed by atoms with Crippen LogP contribution in [0.4, 0.5) is 10.5 Å². The molecule has 1 aliphatic heterocycles. The Hall–Kier alpha value is -2.36. The molecule has 1 aliphatic rings. The highest BCUT2D eigenvalue weighted by atomic mass is 16.6. The van der Waals surface area contributed by atoms with Crippen molar-refractivity contribution in [1.82, 2.24) is 4.98 Å². The van der Waals surface area contributed by atoms with Crippen LogP contribution in [0.15, 0.2) is 48.7 Å². The molecule has 18 heavy (non-hydrogen) atoms. The summed E-state index contributed by atoms with van der Waals surface area (Å²) in [6, 6.07) is 13.5. The van der Waals surface area contributed by atoms with E-state index >= 15 is 0 Å². The van der Waals surface area contributed by atoms with Gasteiger partial charge >= 0.3 is 6.09 Å². The van der Waals surface area contributed by atoms with Gasteiger partial charge in [0.25, 0.3) is 0 Å². The lowest BCUT2D eigenvalue weighted by Gasteiger charge is -2.16. The fraction of sp³-hybridized carbons (Fsp3) is 0.143. The van der Waals surface area contributed by atoms with E-state index in [0.29, 0.717) is 13.2 Å². The van der Waals surface area contributed by atoms with Crippen molar-refractivity contribution in [2.24, 2.45) is 0 Å². The minimum absolute atomic E-state index is 0.293. The van der Waals surface area contributed by atoms with E-state index in [1.165, 1.54) is 0 Å². The maximum absolute atomic E-state index is 11.6. The monoisotopic (exact) mass is 240 g/mol. The molecular weight excluding hydrogens is 228 g/mol. The number of hydrogen-bond donors (Lipinski definition) is 0. The van der Waals surface area contributed by atoms with Gasteiger partial charge in [-0.25, -0.2) is 4.79 Å². The first-order chi connectivity index (χ1) is 8.86. The van der Waals surface area contributed by atoms with Crippen LogP contribution >= 0.6 is 0 Å². The van der Waals surface area contributed by atoms with Gasteiger partial charge < -0.3 is 4.74 Å². The first-order valence-electron chi connectivity index (χ1n) is 5.81. The Morgan fingerprint density at radius 1 is 1.11 bits per heavy atom. The fourth-order valence-electron chi connectivity index (χ4n) is 2.06. The second-order valence-electron chi connectivity index (χ2n) is 4.00. The van der Waals surface area contributed by atoms with Gasteiger partial charge in [-0.15, -0.1) is 0 Å². The second-order valence-corrected chi connectivity index (χ2v) is 4.00. The number of ether oxygens (including phenoxy) is 1. The third kappa shape index (κ3) is 1.82. The smallest absolute Gasteiger partial charge is 0.414 e. The van der Waals surface area contributed by atoms with Crippen LogP contribution in [-0.4, -0.2) is 24.2 Å². The predicted molar refractivity (Wildman–Crippen MR) is 68.4 cm³/mol. The van der Waals surface area contributed by atoms with Gasteiger partial charge in [-0.3, -0.25) is 9.88 Å². The number of amides is 1. The fourth-order valence-corrected chi connectivity index (χ4v) is 2.06. The van der Waals surface area contributed by atoms with Crippen molar-refractivity contribution in [3.8, 4) is 11.3 Å². The van der Waals surface area contributed by atoms with E-state index in [2.05, 4.69) is 4.98 Å². The summed E-state index contributed by atoms with van der Waals surface area (Å²) >= 11 is 0. The Bertz CT molecular complexity index is 569. The number of pyridine rings is 1. The molecule has 0 bridgehead atoms. The van der Waals surface area contributed by atoms with E-state index in [1.54, 1.807) is 11.1 Å². The lowest BCUT2D eigenvalue weighted by atomic mass is 10.1. The molecule has 3 rings (SSSR count). The summed E-state index contributed by atoms with van der Waals surface area (Å²) in [6.45, 7) is 1.03. The van der Waals surface area contributed by atoms with Crippen molar-refractivity contribution in [3.05, 3.63) is 48.7 Å². The highest BCUT2D eigenvalue weighted by Gasteiger charge is 2.25. The largest absolute Gasteiger partial charge is 0.447 e. The minimum Gasteiger partial charge on any atom is -0.447 e. The number of benzene rings is 1. The van der Waals surface area contributed by atoms with Crippen LogP contribution in [0.25, 0.3) is 11.3 Å². The minimum atomic E-state index is -0.293. The van der Waals surface area contributed by atoms with Crippen LogP contribution < -0.4 is 4.90 Å². The van der Waals surface area contributed by atoms with Gasteiger partial charge in [0.1, 0.15) is 6.61 Å². The number of carbonyl (C=O) groups is 1. The molecule has 2 heterocycles. The van der Waals surface area contributed by atoms with Crippen molar-refractivity contribution in [1.29, 1.82) is 0 Å². The van der Waals surface area contributed by atoms with Crippen LogP contribution in [-0.2, 0) is 4.74 Å². The zero-order chi connectivity index (χ0) is 12.4. The molecule has 1 aromatic carbocycles. The van der Waals surface area contributed by atoms with Crippen LogP contribution in [0.1, 0.15) is 0 Å². The molecule has 1 aromatic heterocycles. The van der Waals surface area contributed by atoms with Crippen molar-refractivity contribution in [3.63, 3.8) is 0 Å². The van der Waals surface area contributed by atoms with E-state index in [4.69, 9.17) is 4.74 Å². The van der Waals surface area contributed by atoms with Crippen molar-refractivity contribution in [2.45, 2.75) is 0 Å². The molecule has 0 saturated carbocycles. The number of rotatable bonds is 2. The second kappa shape index (κ2) is 4.49. The maximum Gasteiger partial charge on any atom is 0.414 e. The highest BCUT2D eigenvalue weighted by Crippen LogP contribution is 2.30. The van der Waals surface area contributed by atoms with Gasteiger partial charge in [-0.1, -0.05) is 24.3 Å². The van der Waals surface area contributed by atoms with Crippen LogP contribution in [0.3, 0.4) is 0 Å². The van der Waals surface area contributed by atoms with E-state index in [-0.39, 0.29) is 6.09 Å². The molecular formula is C14H12N2O2. The zero-order valence-electron chi connectivity index (χ0n) is 9.74. The van der Waals surface area contributed by atoms with Gasteiger partial charge in [0.15, 0.2) is 0 Å². The molecule has 1 fully saturated rings. The molecule has 1 amide bonds. The van der Waals surface area contributed by atoms with E-state index in [9.17, 15) is 4.79 Å². The molecule has 0 unspecified atom stereocenters. The average Bonchev–Trinajstić information content (AvgIpc) is 2.86. The molecule has 90 valence electrons. The topological polar surface area (TPSA) is 42.4 Å². The number of para-hydroxylation sites is 1. The third-order valence-electron chi connectivity index (χ3n) is 2.90. The number of carbonyl (C=O) groups excluding carboxylic acids is 1. The lowest BCUT2D eigenvalue weighted by molar-refractivity contribution is 0.181. The molecule has 0 N–H and O–H groups in total. The van der Waals surface area contributed by atoms with Gasteiger partial charge in [0.05, 0.1) is 17.9 Å². The first kappa shape index (κ1) is 10.8. The molecule has 4 heteroatoms. The molecule has 0 radical (unpaired) electrons. The molecule has 0 spiro atoms. The molecule has 2 aromatic rings. The summed E-state index contributed by atoms with van der Waals surface area (Å²) in [6.07, 6.45) is 1.45. The summed E-state index contributed by atoms with van der Waals surface area (Å²) in [7, 11) is 0. The van der Waals surface area contributed by atoms with E-state index < -0.39 is 0 Å². The number of nitrogens with zero attached hydrogens (tertiary/aromatic N) is 2. The number of hydrogen-bond acceptors (Lipinski definition) is 3. The highest BCUT2D eigenvalue weighted by molar-refractivity contribution is 5.94. The third-order valence-corrected chi connectivity index (χ3v) is 2.90. The van der Waals surface area contributed by atoms with Gasteiger partial charge in [-0.05, 0) is 18.2 Å². The molecule has 4 nitrogen and oxygen atoms in total. The molecule has 0 atom stereocenters. The van der Waals surface area contributed by atoms with Gasteiger partial charge in [0.2, 0.25) is 0 Å². The normalized spacial score (nSPS) is 14.7. The summed E-state index contributed by atoms with van der Waals surface area (Å²) in [4.78, 5) is 17.6. The number of aromatic nitrogens is 1. The molecule has 0 aliphatic carbocycles. The summed E-state index contributed by atoms with van der Waals surface area (Å²) in [5.41, 5.74) is 2.64. The van der Waals surface area contributed by atoms with Gasteiger partial charge in [-0.2, -0.15) is 0 Å². The maximum atomic E-state index is 11.6. The Kier molecular flexibility index (Phi) is 2.68. The van der Waals surface area contributed by atoms with Crippen molar-refractivity contribution < 1.29 is 9.53 Å². The van der Waals surface area contributed by atoms with E-state index in [0.717, 1.165) is 16.9 Å². The molecule has 1 saturated heterocycles. The summed E-state index contributed by atoms with van der Waals surface area (Å²) < 4.78 is 4.98. The Labute approximate surface area is 105 Å². The SMILES string of the molecule is O=C1OCCN1c1ccccc1-c1ccccn1. The van der Waals surface area contributed by atoms with Crippen molar-refractivity contribution >= 4 is 11.8 Å². The summed E-state index contributed by atoms with van der Waals surface area (Å²) in [5.74, 6) is 0. The zero-order valence-corrected chi connectivity index (χ0v) is 9.74. The lowest BCUT2D eigenvalue weighted by Crippen LogP contribution is -2.23. The quantitative estimate of drug-likeness (QED) is 0.810. The predicted octanol–water partition coefficient (Wildman–Crippen LogP) is 2.71.